The molecule has 0 fully saturated rings. The summed E-state index contributed by atoms with van der Waals surface area (Å²) in [5.41, 5.74) is 7.66. The van der Waals surface area contributed by atoms with Crippen molar-refractivity contribution in [1.29, 1.82) is 0 Å². The van der Waals surface area contributed by atoms with E-state index in [4.69, 9.17) is 17.3 Å². The van der Waals surface area contributed by atoms with Crippen molar-refractivity contribution in [3.8, 4) is 0 Å². The molecule has 0 unspecified atom stereocenters. The molecule has 0 amide bonds. The Kier molecular flexibility index (Phi) is 4.50. The van der Waals surface area contributed by atoms with E-state index in [9.17, 15) is 0 Å². The average Bonchev–Trinajstić information content (AvgIpc) is 2.37. The van der Waals surface area contributed by atoms with Crippen LogP contribution < -0.4 is 11.1 Å². The van der Waals surface area contributed by atoms with Crippen LogP contribution >= 0.6 is 27.5 Å². The maximum Gasteiger partial charge on any atom is 0.139 e. The van der Waals surface area contributed by atoms with Gasteiger partial charge in [0.15, 0.2) is 0 Å². The first kappa shape index (κ1) is 15.1. The van der Waals surface area contributed by atoms with Crippen molar-refractivity contribution in [3.05, 3.63) is 39.1 Å². The summed E-state index contributed by atoms with van der Waals surface area (Å²) in [6.07, 6.45) is 0. The van der Waals surface area contributed by atoms with Gasteiger partial charge in [-0.1, -0.05) is 25.4 Å². The van der Waals surface area contributed by atoms with E-state index < -0.39 is 0 Å². The lowest BCUT2D eigenvalue weighted by atomic mass is 10.2. The monoisotopic (exact) mass is 354 g/mol. The van der Waals surface area contributed by atoms with E-state index in [0.717, 1.165) is 21.5 Å². The fourth-order valence-corrected chi connectivity index (χ4v) is 2.43. The summed E-state index contributed by atoms with van der Waals surface area (Å²) in [7, 11) is 0. The molecule has 1 aromatic heterocycles. The summed E-state index contributed by atoms with van der Waals surface area (Å²) in [5, 5.41) is 3.94. The molecule has 0 aliphatic carbocycles. The first-order valence-corrected chi connectivity index (χ1v) is 7.41. The molecule has 4 nitrogen and oxygen atoms in total. The van der Waals surface area contributed by atoms with Gasteiger partial charge in [0.25, 0.3) is 0 Å². The molecular weight excluding hydrogens is 340 g/mol. The van der Waals surface area contributed by atoms with Crippen molar-refractivity contribution in [1.82, 2.24) is 9.97 Å². The van der Waals surface area contributed by atoms with Gasteiger partial charge >= 0.3 is 0 Å². The van der Waals surface area contributed by atoms with E-state index in [1.807, 2.05) is 39.0 Å². The smallest absolute Gasteiger partial charge is 0.139 e. The quantitative estimate of drug-likeness (QED) is 0.841. The minimum Gasteiger partial charge on any atom is -0.383 e. The topological polar surface area (TPSA) is 63.8 Å². The highest BCUT2D eigenvalue weighted by atomic mass is 79.9. The van der Waals surface area contributed by atoms with Gasteiger partial charge in [-0.05, 0) is 41.1 Å². The minimum absolute atomic E-state index is 0.215. The number of nitrogens with zero attached hydrogens (tertiary/aromatic N) is 2. The van der Waals surface area contributed by atoms with E-state index in [1.165, 1.54) is 0 Å². The molecule has 1 aromatic carbocycles. The molecule has 0 atom stereocenters. The second-order valence-corrected chi connectivity index (χ2v) is 6.14. The lowest BCUT2D eigenvalue weighted by Gasteiger charge is -2.14. The maximum absolute atomic E-state index is 5.95. The highest BCUT2D eigenvalue weighted by molar-refractivity contribution is 9.10. The second kappa shape index (κ2) is 5.97. The Morgan fingerprint density at radius 2 is 2.00 bits per heavy atom. The van der Waals surface area contributed by atoms with Crippen LogP contribution in [0.3, 0.4) is 0 Å². The predicted octanol–water partition coefficient (Wildman–Crippen LogP) is 4.65. The number of nitrogens with one attached hydrogen (secondary N) is 1. The lowest BCUT2D eigenvalue weighted by Crippen LogP contribution is -2.08. The van der Waals surface area contributed by atoms with Crippen molar-refractivity contribution < 1.29 is 0 Å². The van der Waals surface area contributed by atoms with E-state index in [0.29, 0.717) is 16.7 Å². The first-order chi connectivity index (χ1) is 9.38. The van der Waals surface area contributed by atoms with Gasteiger partial charge in [-0.15, -0.1) is 0 Å². The maximum atomic E-state index is 5.95. The molecule has 1 heterocycles. The van der Waals surface area contributed by atoms with Gasteiger partial charge in [-0.2, -0.15) is 0 Å². The Bertz CT molecular complexity index is 643. The molecule has 0 bridgehead atoms. The van der Waals surface area contributed by atoms with Crippen LogP contribution in [-0.4, -0.2) is 9.97 Å². The number of anilines is 3. The van der Waals surface area contributed by atoms with Gasteiger partial charge < -0.3 is 11.1 Å². The van der Waals surface area contributed by atoms with Crippen LogP contribution in [0.2, 0.25) is 5.02 Å². The highest BCUT2D eigenvalue weighted by Crippen LogP contribution is 2.30. The zero-order chi connectivity index (χ0) is 14.9. The SMILES string of the molecule is Cc1c(N)nc(C(C)C)nc1Nc1ccc(Cl)cc1Br. The van der Waals surface area contributed by atoms with Gasteiger partial charge in [0, 0.05) is 21.0 Å². The summed E-state index contributed by atoms with van der Waals surface area (Å²) < 4.78 is 0.868. The van der Waals surface area contributed by atoms with E-state index in [-0.39, 0.29) is 5.92 Å². The molecule has 106 valence electrons. The Hall–Kier alpha value is -1.33. The minimum atomic E-state index is 0.215. The van der Waals surface area contributed by atoms with Gasteiger partial charge in [0.05, 0.1) is 5.69 Å². The van der Waals surface area contributed by atoms with Gasteiger partial charge in [0.1, 0.15) is 17.5 Å². The number of nitrogens with two attached hydrogens (primary N) is 1. The highest BCUT2D eigenvalue weighted by Gasteiger charge is 2.12. The van der Waals surface area contributed by atoms with E-state index >= 15 is 0 Å². The number of hydrogen-bond donors (Lipinski definition) is 2. The second-order valence-electron chi connectivity index (χ2n) is 4.84. The predicted molar refractivity (Wildman–Crippen MR) is 87.7 cm³/mol. The van der Waals surface area contributed by atoms with Crippen LogP contribution in [0.25, 0.3) is 0 Å². The molecule has 0 aliphatic rings. The third-order valence-electron chi connectivity index (χ3n) is 2.90. The molecule has 0 aliphatic heterocycles. The molecule has 20 heavy (non-hydrogen) atoms. The van der Waals surface area contributed by atoms with Crippen LogP contribution in [-0.2, 0) is 0 Å². The number of nitrogen functional groups attached to an aromatic ring is 1. The normalized spacial score (nSPS) is 10.9. The van der Waals surface area contributed by atoms with Gasteiger partial charge in [-0.25, -0.2) is 9.97 Å². The molecule has 0 radical (unpaired) electrons. The van der Waals surface area contributed by atoms with Crippen molar-refractivity contribution in [2.24, 2.45) is 0 Å². The van der Waals surface area contributed by atoms with Crippen molar-refractivity contribution >= 4 is 44.9 Å². The number of aromatic nitrogens is 2. The molecule has 0 saturated heterocycles. The largest absolute Gasteiger partial charge is 0.383 e. The van der Waals surface area contributed by atoms with Crippen LogP contribution in [0.4, 0.5) is 17.3 Å². The third kappa shape index (κ3) is 3.22. The summed E-state index contributed by atoms with van der Waals surface area (Å²) in [5.74, 6) is 2.15. The number of rotatable bonds is 3. The molecule has 0 spiro atoms. The number of benzene rings is 1. The summed E-state index contributed by atoms with van der Waals surface area (Å²) >= 11 is 9.41. The van der Waals surface area contributed by atoms with Crippen LogP contribution in [0.5, 0.6) is 0 Å². The summed E-state index contributed by atoms with van der Waals surface area (Å²) in [6.45, 7) is 5.96. The molecule has 2 rings (SSSR count). The zero-order valence-electron chi connectivity index (χ0n) is 11.5. The lowest BCUT2D eigenvalue weighted by molar-refractivity contribution is 0.776. The Morgan fingerprint density at radius 1 is 1.30 bits per heavy atom. The Balaban J connectivity index is 2.42. The summed E-state index contributed by atoms with van der Waals surface area (Å²) in [4.78, 5) is 8.84. The van der Waals surface area contributed by atoms with E-state index in [1.54, 1.807) is 0 Å². The average molecular weight is 356 g/mol. The van der Waals surface area contributed by atoms with Crippen LogP contribution in [0.15, 0.2) is 22.7 Å². The standard InChI is InChI=1S/C14H16BrClN4/c1-7(2)13-19-12(17)8(3)14(20-13)18-11-5-4-9(16)6-10(11)15/h4-7H,1-3H3,(H3,17,18,19,20). The fraction of sp³-hybridized carbons (Fsp3) is 0.286. The van der Waals surface area contributed by atoms with Gasteiger partial charge in [-0.3, -0.25) is 0 Å². The molecule has 6 heteroatoms. The molecular formula is C14H16BrClN4. The van der Waals surface area contributed by atoms with Gasteiger partial charge in [0.2, 0.25) is 0 Å². The zero-order valence-corrected chi connectivity index (χ0v) is 13.9. The summed E-state index contributed by atoms with van der Waals surface area (Å²) in [6, 6.07) is 5.53. The first-order valence-electron chi connectivity index (χ1n) is 6.24. The number of hydrogen-bond acceptors (Lipinski definition) is 4. The Morgan fingerprint density at radius 3 is 2.60 bits per heavy atom. The Labute approximate surface area is 131 Å². The fourth-order valence-electron chi connectivity index (χ4n) is 1.65. The molecule has 0 saturated carbocycles. The van der Waals surface area contributed by atoms with E-state index in [2.05, 4.69) is 31.2 Å². The molecule has 3 N–H and O–H groups in total. The number of halogens is 2. The van der Waals surface area contributed by atoms with Crippen LogP contribution in [0, 0.1) is 6.92 Å². The molecule has 2 aromatic rings. The van der Waals surface area contributed by atoms with Crippen molar-refractivity contribution in [2.75, 3.05) is 11.1 Å². The van der Waals surface area contributed by atoms with Crippen molar-refractivity contribution in [3.63, 3.8) is 0 Å². The van der Waals surface area contributed by atoms with Crippen molar-refractivity contribution in [2.45, 2.75) is 26.7 Å². The van der Waals surface area contributed by atoms with Crippen LogP contribution in [0.1, 0.15) is 31.2 Å². The third-order valence-corrected chi connectivity index (χ3v) is 3.79.